The summed E-state index contributed by atoms with van der Waals surface area (Å²) in [5.41, 5.74) is 0.920. The lowest BCUT2D eigenvalue weighted by atomic mass is 10.4. The first-order valence-corrected chi connectivity index (χ1v) is 6.57. The van der Waals surface area contributed by atoms with Crippen LogP contribution in [0.25, 0.3) is 0 Å². The molecule has 2 heterocycles. The van der Waals surface area contributed by atoms with Crippen LogP contribution < -0.4 is 4.72 Å². The smallest absolute Gasteiger partial charge is 0.267 e. The molecule has 0 bridgehead atoms. The summed E-state index contributed by atoms with van der Waals surface area (Å²) in [6.45, 7) is 3.27. The summed E-state index contributed by atoms with van der Waals surface area (Å²) in [4.78, 5) is 3.91. The van der Waals surface area contributed by atoms with Gasteiger partial charge in [0, 0.05) is 11.5 Å². The molecule has 0 radical (unpaired) electrons. The van der Waals surface area contributed by atoms with Crippen LogP contribution in [0, 0.1) is 13.8 Å². The Kier molecular flexibility index (Phi) is 2.64. The highest BCUT2D eigenvalue weighted by molar-refractivity contribution is 7.93. The Morgan fingerprint density at radius 2 is 2.19 bits per heavy atom. The highest BCUT2D eigenvalue weighted by Gasteiger charge is 2.23. The van der Waals surface area contributed by atoms with Gasteiger partial charge in [-0.2, -0.15) is 9.47 Å². The number of aromatic nitrogens is 4. The van der Waals surface area contributed by atoms with Crippen molar-refractivity contribution < 1.29 is 8.42 Å². The van der Waals surface area contributed by atoms with Gasteiger partial charge >= 0.3 is 0 Å². The van der Waals surface area contributed by atoms with Gasteiger partial charge in [0.1, 0.15) is 11.2 Å². The summed E-state index contributed by atoms with van der Waals surface area (Å²) >= 11 is 0.977. The van der Waals surface area contributed by atoms with E-state index >= 15 is 0 Å². The first-order valence-electron chi connectivity index (χ1n) is 4.32. The molecule has 0 unspecified atom stereocenters. The van der Waals surface area contributed by atoms with Gasteiger partial charge < -0.3 is 0 Å². The van der Waals surface area contributed by atoms with E-state index in [4.69, 9.17) is 0 Å². The average molecular weight is 259 g/mol. The van der Waals surface area contributed by atoms with Gasteiger partial charge in [-0.05, 0) is 13.8 Å². The molecule has 2 aromatic rings. The number of aryl methyl sites for hydroxylation is 2. The van der Waals surface area contributed by atoms with Crippen molar-refractivity contribution in [2.24, 2.45) is 0 Å². The minimum absolute atomic E-state index is 0.155. The zero-order valence-corrected chi connectivity index (χ0v) is 10.2. The average Bonchev–Trinajstić information content (AvgIpc) is 2.76. The Bertz CT molecular complexity index is 567. The molecule has 0 aliphatic carbocycles. The molecule has 0 fully saturated rings. The number of nitrogens with one attached hydrogen (secondary N) is 2. The monoisotopic (exact) mass is 259 g/mol. The molecule has 86 valence electrons. The SMILES string of the molecule is Cc1n[nH]c(C)c1S(=O)(=O)Nc1ncns1. The molecule has 0 saturated carbocycles. The normalized spacial score (nSPS) is 11.6. The van der Waals surface area contributed by atoms with Crippen molar-refractivity contribution in [3.8, 4) is 0 Å². The molecule has 0 aliphatic heterocycles. The van der Waals surface area contributed by atoms with Gasteiger partial charge in [-0.25, -0.2) is 13.4 Å². The van der Waals surface area contributed by atoms with Crippen molar-refractivity contribution in [2.45, 2.75) is 18.7 Å². The summed E-state index contributed by atoms with van der Waals surface area (Å²) in [6.07, 6.45) is 1.29. The second-order valence-corrected chi connectivity index (χ2v) is 5.51. The number of rotatable bonds is 3. The lowest BCUT2D eigenvalue weighted by Crippen LogP contribution is -2.14. The predicted octanol–water partition coefficient (Wildman–Crippen LogP) is 0.679. The summed E-state index contributed by atoms with van der Waals surface area (Å²) < 4.78 is 30.0. The highest BCUT2D eigenvalue weighted by Crippen LogP contribution is 2.20. The predicted molar refractivity (Wildman–Crippen MR) is 58.8 cm³/mol. The molecule has 9 heteroatoms. The number of sulfonamides is 1. The molecule has 16 heavy (non-hydrogen) atoms. The number of aromatic amines is 1. The quantitative estimate of drug-likeness (QED) is 0.844. The molecule has 0 aliphatic rings. The summed E-state index contributed by atoms with van der Waals surface area (Å²) in [5, 5.41) is 6.69. The number of hydrogen-bond donors (Lipinski definition) is 2. The highest BCUT2D eigenvalue weighted by atomic mass is 32.2. The molecule has 2 N–H and O–H groups in total. The van der Waals surface area contributed by atoms with Crippen molar-refractivity contribution in [3.63, 3.8) is 0 Å². The minimum Gasteiger partial charge on any atom is -0.281 e. The fourth-order valence-corrected chi connectivity index (χ4v) is 3.36. The molecule has 0 aromatic carbocycles. The van der Waals surface area contributed by atoms with Gasteiger partial charge in [-0.1, -0.05) is 0 Å². The third-order valence-electron chi connectivity index (χ3n) is 1.91. The Morgan fingerprint density at radius 1 is 1.44 bits per heavy atom. The molecular formula is C7H9N5O2S2. The van der Waals surface area contributed by atoms with E-state index in [0.29, 0.717) is 11.4 Å². The summed E-state index contributed by atoms with van der Waals surface area (Å²) in [7, 11) is -3.64. The van der Waals surface area contributed by atoms with Crippen molar-refractivity contribution in [2.75, 3.05) is 4.72 Å². The maximum atomic E-state index is 12.0. The summed E-state index contributed by atoms with van der Waals surface area (Å²) in [6, 6.07) is 0. The minimum atomic E-state index is -3.64. The van der Waals surface area contributed by atoms with E-state index in [1.807, 2.05) is 0 Å². The van der Waals surface area contributed by atoms with Gasteiger partial charge in [-0.15, -0.1) is 0 Å². The van der Waals surface area contributed by atoms with Crippen molar-refractivity contribution in [1.29, 1.82) is 0 Å². The van der Waals surface area contributed by atoms with Gasteiger partial charge in [-0.3, -0.25) is 9.82 Å². The van der Waals surface area contributed by atoms with Crippen LogP contribution in [-0.4, -0.2) is 28.0 Å². The maximum Gasteiger partial charge on any atom is 0.267 e. The van der Waals surface area contributed by atoms with Gasteiger partial charge in [0.2, 0.25) is 5.13 Å². The first-order chi connectivity index (χ1) is 7.50. The third kappa shape index (κ3) is 1.91. The first kappa shape index (κ1) is 11.0. The molecule has 0 saturated heterocycles. The Hall–Kier alpha value is -1.48. The molecule has 2 aromatic heterocycles. The van der Waals surface area contributed by atoms with E-state index < -0.39 is 10.0 Å². The van der Waals surface area contributed by atoms with E-state index in [0.717, 1.165) is 11.5 Å². The molecule has 7 nitrogen and oxygen atoms in total. The van der Waals surface area contributed by atoms with Crippen molar-refractivity contribution >= 4 is 26.7 Å². The number of hydrogen-bond acceptors (Lipinski definition) is 6. The Morgan fingerprint density at radius 3 is 2.69 bits per heavy atom. The van der Waals surface area contributed by atoms with Gasteiger partial charge in [0.05, 0.1) is 11.4 Å². The van der Waals surface area contributed by atoms with Gasteiger partial charge in [0.25, 0.3) is 10.0 Å². The second-order valence-electron chi connectivity index (χ2n) is 3.12. The van der Waals surface area contributed by atoms with Crippen LogP contribution in [-0.2, 0) is 10.0 Å². The topological polar surface area (TPSA) is 101 Å². The molecule has 0 atom stereocenters. The standard InChI is InChI=1S/C7H9N5O2S2/c1-4-6(5(2)11-10-4)16(13,14)12-7-8-3-9-15-7/h3H,1-2H3,(H,10,11)(H,8,9,12). The van der Waals surface area contributed by atoms with Crippen LogP contribution >= 0.6 is 11.5 Å². The van der Waals surface area contributed by atoms with Gasteiger partial charge in [0.15, 0.2) is 0 Å². The van der Waals surface area contributed by atoms with Crippen LogP contribution in [0.5, 0.6) is 0 Å². The van der Waals surface area contributed by atoms with Crippen molar-refractivity contribution in [3.05, 3.63) is 17.7 Å². The lowest BCUT2D eigenvalue weighted by molar-refractivity contribution is 0.600. The van der Waals surface area contributed by atoms with E-state index in [2.05, 4.69) is 24.3 Å². The fraction of sp³-hybridized carbons (Fsp3) is 0.286. The Balaban J connectivity index is 2.40. The van der Waals surface area contributed by atoms with E-state index in [9.17, 15) is 8.42 Å². The molecule has 2 rings (SSSR count). The van der Waals surface area contributed by atoms with Crippen LogP contribution in [0.15, 0.2) is 11.2 Å². The second kappa shape index (κ2) is 3.83. The number of anilines is 1. The Labute approximate surface area is 96.1 Å². The summed E-state index contributed by atoms with van der Waals surface area (Å²) in [5.74, 6) is 0. The lowest BCUT2D eigenvalue weighted by Gasteiger charge is -2.03. The largest absolute Gasteiger partial charge is 0.281 e. The third-order valence-corrected chi connectivity index (χ3v) is 4.22. The number of H-pyrrole nitrogens is 1. The number of nitrogens with zero attached hydrogens (tertiary/aromatic N) is 3. The molecule has 0 spiro atoms. The van der Waals surface area contributed by atoms with E-state index in [1.165, 1.54) is 6.33 Å². The zero-order valence-electron chi connectivity index (χ0n) is 8.55. The van der Waals surface area contributed by atoms with Crippen LogP contribution in [0.4, 0.5) is 5.13 Å². The van der Waals surface area contributed by atoms with Crippen molar-refractivity contribution in [1.82, 2.24) is 19.6 Å². The zero-order chi connectivity index (χ0) is 11.8. The fourth-order valence-electron chi connectivity index (χ4n) is 1.32. The van der Waals surface area contributed by atoms with E-state index in [-0.39, 0.29) is 10.0 Å². The van der Waals surface area contributed by atoms with Crippen LogP contribution in [0.2, 0.25) is 0 Å². The maximum absolute atomic E-state index is 12.0. The molecular weight excluding hydrogens is 250 g/mol. The van der Waals surface area contributed by atoms with Crippen LogP contribution in [0.3, 0.4) is 0 Å². The van der Waals surface area contributed by atoms with Crippen LogP contribution in [0.1, 0.15) is 11.4 Å². The van der Waals surface area contributed by atoms with E-state index in [1.54, 1.807) is 13.8 Å². The molecule has 0 amide bonds.